The summed E-state index contributed by atoms with van der Waals surface area (Å²) >= 11 is 0. The molecule has 2 aromatic heterocycles. The molecule has 1 saturated carbocycles. The minimum absolute atomic E-state index is 0.612. The second-order valence-corrected chi connectivity index (χ2v) is 5.87. The van der Waals surface area contributed by atoms with Gasteiger partial charge in [-0.1, -0.05) is 37.1 Å². The van der Waals surface area contributed by atoms with E-state index in [1.54, 1.807) is 0 Å². The lowest BCUT2D eigenvalue weighted by Crippen LogP contribution is -2.07. The van der Waals surface area contributed by atoms with Crippen molar-refractivity contribution in [3.05, 3.63) is 36.7 Å². The van der Waals surface area contributed by atoms with E-state index in [4.69, 9.17) is 0 Å². The van der Waals surface area contributed by atoms with Crippen molar-refractivity contribution in [2.75, 3.05) is 0 Å². The van der Waals surface area contributed by atoms with E-state index in [-0.39, 0.29) is 0 Å². The molecule has 1 aliphatic carbocycles. The molecule has 0 spiro atoms. The number of aromatic amines is 1. The summed E-state index contributed by atoms with van der Waals surface area (Å²) in [5.74, 6) is 2.44. The van der Waals surface area contributed by atoms with Gasteiger partial charge in [-0.15, -0.1) is 10.2 Å². The van der Waals surface area contributed by atoms with E-state index in [0.29, 0.717) is 5.82 Å². The number of aromatic nitrogens is 6. The molecule has 4 rings (SSSR count). The predicted octanol–water partition coefficient (Wildman–Crippen LogP) is 2.92. The molecule has 0 atom stereocenters. The molecule has 1 N–H and O–H groups in total. The maximum Gasteiger partial charge on any atom is 0.204 e. The smallest absolute Gasteiger partial charge is 0.204 e. The molecule has 0 aliphatic heterocycles. The first-order valence-corrected chi connectivity index (χ1v) is 7.75. The lowest BCUT2D eigenvalue weighted by molar-refractivity contribution is 0.460. The average Bonchev–Trinajstić information content (AvgIpc) is 3.31. The van der Waals surface area contributed by atoms with E-state index in [0.717, 1.165) is 29.4 Å². The van der Waals surface area contributed by atoms with Crippen molar-refractivity contribution in [1.29, 1.82) is 0 Å². The van der Waals surface area contributed by atoms with Crippen molar-refractivity contribution in [2.45, 2.75) is 32.2 Å². The molecule has 3 aromatic rings. The molecule has 22 heavy (non-hydrogen) atoms. The van der Waals surface area contributed by atoms with E-state index in [9.17, 15) is 0 Å². The number of H-pyrrole nitrogens is 1. The maximum absolute atomic E-state index is 4.53. The summed E-state index contributed by atoms with van der Waals surface area (Å²) in [5.41, 5.74) is 2.07. The van der Waals surface area contributed by atoms with Crippen LogP contribution in [0.2, 0.25) is 0 Å². The molecular formula is C16H18N6. The Morgan fingerprint density at radius 2 is 1.86 bits per heavy atom. The van der Waals surface area contributed by atoms with E-state index in [1.165, 1.54) is 25.7 Å². The number of benzene rings is 1. The second-order valence-electron chi connectivity index (χ2n) is 5.87. The Morgan fingerprint density at radius 3 is 2.59 bits per heavy atom. The van der Waals surface area contributed by atoms with Gasteiger partial charge in [0.1, 0.15) is 5.82 Å². The highest BCUT2D eigenvalue weighted by Crippen LogP contribution is 2.28. The van der Waals surface area contributed by atoms with Crippen LogP contribution in [0.4, 0.5) is 0 Å². The fourth-order valence-corrected chi connectivity index (χ4v) is 3.24. The number of nitrogens with one attached hydrogen (secondary N) is 1. The normalized spacial score (nSPS) is 15.5. The molecule has 6 heteroatoms. The third-order valence-electron chi connectivity index (χ3n) is 4.39. The molecular weight excluding hydrogens is 276 g/mol. The van der Waals surface area contributed by atoms with Crippen molar-refractivity contribution in [1.82, 2.24) is 30.2 Å². The molecule has 0 amide bonds. The molecule has 1 fully saturated rings. The largest absolute Gasteiger partial charge is 0.331 e. The van der Waals surface area contributed by atoms with Gasteiger partial charge in [-0.25, -0.2) is 4.98 Å². The Balaban J connectivity index is 1.58. The van der Waals surface area contributed by atoms with E-state index < -0.39 is 0 Å². The Labute approximate surface area is 128 Å². The summed E-state index contributed by atoms with van der Waals surface area (Å²) < 4.78 is 2.28. The van der Waals surface area contributed by atoms with E-state index in [1.807, 2.05) is 18.3 Å². The van der Waals surface area contributed by atoms with Gasteiger partial charge >= 0.3 is 0 Å². The quantitative estimate of drug-likeness (QED) is 0.803. The molecule has 112 valence electrons. The first kappa shape index (κ1) is 13.2. The molecule has 1 aliphatic rings. The summed E-state index contributed by atoms with van der Waals surface area (Å²) in [4.78, 5) is 4.53. The van der Waals surface area contributed by atoms with Gasteiger partial charge in [-0.3, -0.25) is 0 Å². The highest BCUT2D eigenvalue weighted by atomic mass is 15.5. The molecule has 1 aromatic carbocycles. The summed E-state index contributed by atoms with van der Waals surface area (Å²) in [6.07, 6.45) is 9.39. The van der Waals surface area contributed by atoms with Crippen LogP contribution in [0.15, 0.2) is 36.7 Å². The number of tetrazole rings is 1. The number of nitrogens with zero attached hydrogens (tertiary/aromatic N) is 5. The van der Waals surface area contributed by atoms with Crippen molar-refractivity contribution < 1.29 is 0 Å². The lowest BCUT2D eigenvalue weighted by atomic mass is 10.1. The fraction of sp³-hybridized carbons (Fsp3) is 0.375. The minimum atomic E-state index is 0.612. The highest BCUT2D eigenvalue weighted by Gasteiger charge is 2.17. The molecule has 2 heterocycles. The Bertz CT molecular complexity index is 722. The average molecular weight is 294 g/mol. The molecule has 0 radical (unpaired) electrons. The van der Waals surface area contributed by atoms with Gasteiger partial charge < -0.3 is 4.57 Å². The highest BCUT2D eigenvalue weighted by molar-refractivity contribution is 5.63. The van der Waals surface area contributed by atoms with Crippen LogP contribution < -0.4 is 0 Å². The summed E-state index contributed by atoms with van der Waals surface area (Å²) in [6.45, 7) is 1.07. The van der Waals surface area contributed by atoms with E-state index in [2.05, 4.69) is 48.5 Å². The van der Waals surface area contributed by atoms with E-state index >= 15 is 0 Å². The zero-order valence-corrected chi connectivity index (χ0v) is 12.3. The zero-order valence-electron chi connectivity index (χ0n) is 12.3. The fourth-order valence-electron chi connectivity index (χ4n) is 3.24. The van der Waals surface area contributed by atoms with Crippen molar-refractivity contribution in [3.8, 4) is 22.8 Å². The van der Waals surface area contributed by atoms with Crippen LogP contribution in [0.3, 0.4) is 0 Å². The minimum Gasteiger partial charge on any atom is -0.331 e. The van der Waals surface area contributed by atoms with Gasteiger partial charge in [0.2, 0.25) is 5.82 Å². The lowest BCUT2D eigenvalue weighted by Gasteiger charge is -2.13. The van der Waals surface area contributed by atoms with Gasteiger partial charge in [-0.05, 0) is 24.0 Å². The summed E-state index contributed by atoms with van der Waals surface area (Å²) in [7, 11) is 0. The van der Waals surface area contributed by atoms with Gasteiger partial charge in [0.05, 0.1) is 0 Å². The summed E-state index contributed by atoms with van der Waals surface area (Å²) in [6, 6.07) is 8.15. The van der Waals surface area contributed by atoms with Crippen LogP contribution in [0.5, 0.6) is 0 Å². The zero-order chi connectivity index (χ0) is 14.8. The van der Waals surface area contributed by atoms with Gasteiger partial charge in [0, 0.05) is 30.1 Å². The third-order valence-corrected chi connectivity index (χ3v) is 4.39. The summed E-state index contributed by atoms with van der Waals surface area (Å²) in [5, 5.41) is 14.1. The topological polar surface area (TPSA) is 72.3 Å². The maximum atomic E-state index is 4.53. The number of hydrogen-bond acceptors (Lipinski definition) is 4. The number of imidazole rings is 1. The third kappa shape index (κ3) is 2.52. The molecule has 0 saturated heterocycles. The Kier molecular flexibility index (Phi) is 3.42. The van der Waals surface area contributed by atoms with Gasteiger partial charge in [0.15, 0.2) is 0 Å². The van der Waals surface area contributed by atoms with Gasteiger partial charge in [-0.2, -0.15) is 5.21 Å². The monoisotopic (exact) mass is 294 g/mol. The Morgan fingerprint density at radius 1 is 1.09 bits per heavy atom. The van der Waals surface area contributed by atoms with Crippen molar-refractivity contribution >= 4 is 0 Å². The van der Waals surface area contributed by atoms with Crippen LogP contribution in [0, 0.1) is 5.92 Å². The SMILES string of the molecule is c1cn(CC2CCCC2)c(-c2ccc(-c3nn[nH]n3)cc2)n1. The molecule has 6 nitrogen and oxygen atoms in total. The predicted molar refractivity (Wildman–Crippen MR) is 82.8 cm³/mol. The van der Waals surface area contributed by atoms with Crippen LogP contribution in [-0.4, -0.2) is 30.2 Å². The first-order valence-electron chi connectivity index (χ1n) is 7.75. The van der Waals surface area contributed by atoms with Crippen LogP contribution >= 0.6 is 0 Å². The first-order chi connectivity index (χ1) is 10.9. The molecule has 0 bridgehead atoms. The van der Waals surface area contributed by atoms with Crippen molar-refractivity contribution in [2.24, 2.45) is 5.92 Å². The van der Waals surface area contributed by atoms with Crippen LogP contribution in [0.1, 0.15) is 25.7 Å². The number of hydrogen-bond donors (Lipinski definition) is 1. The van der Waals surface area contributed by atoms with Crippen LogP contribution in [-0.2, 0) is 6.54 Å². The standard InChI is InChI=1S/C16H18N6/c1-2-4-12(3-1)11-22-10-9-17-16(22)14-7-5-13(6-8-14)15-18-20-21-19-15/h5-10,12H,1-4,11H2,(H,18,19,20,21). The molecule has 0 unspecified atom stereocenters. The van der Waals surface area contributed by atoms with Crippen molar-refractivity contribution in [3.63, 3.8) is 0 Å². The Hall–Kier alpha value is -2.50. The second kappa shape index (κ2) is 5.71. The van der Waals surface area contributed by atoms with Crippen LogP contribution in [0.25, 0.3) is 22.8 Å². The van der Waals surface area contributed by atoms with Gasteiger partial charge in [0.25, 0.3) is 0 Å². The number of rotatable bonds is 4.